The van der Waals surface area contributed by atoms with E-state index in [9.17, 15) is 10.1 Å². The maximum absolute atomic E-state index is 13.3. The van der Waals surface area contributed by atoms with Gasteiger partial charge in [0.15, 0.2) is 5.16 Å². The topological polar surface area (TPSA) is 58.7 Å². The number of thiophene rings is 1. The van der Waals surface area contributed by atoms with Crippen LogP contribution in [0.15, 0.2) is 82.6 Å². The molecule has 0 aliphatic heterocycles. The molecule has 4 rings (SSSR count). The van der Waals surface area contributed by atoms with Gasteiger partial charge in [0.25, 0.3) is 5.56 Å². The van der Waals surface area contributed by atoms with Crippen LogP contribution in [0.2, 0.25) is 0 Å². The van der Waals surface area contributed by atoms with E-state index in [1.807, 2.05) is 53.9 Å². The molecule has 0 unspecified atom stereocenters. The van der Waals surface area contributed by atoms with Crippen LogP contribution in [-0.2, 0) is 12.3 Å². The van der Waals surface area contributed by atoms with Crippen LogP contribution < -0.4 is 5.56 Å². The number of rotatable bonds is 6. The zero-order chi connectivity index (χ0) is 20.2. The summed E-state index contributed by atoms with van der Waals surface area (Å²) in [6, 6.07) is 19.6. The molecular formula is C23H17N3OS2. The molecule has 29 heavy (non-hydrogen) atoms. The van der Waals surface area contributed by atoms with Crippen LogP contribution in [0.1, 0.15) is 11.1 Å². The van der Waals surface area contributed by atoms with Gasteiger partial charge < -0.3 is 0 Å². The van der Waals surface area contributed by atoms with Crippen molar-refractivity contribution in [3.05, 3.63) is 94.1 Å². The van der Waals surface area contributed by atoms with E-state index >= 15 is 0 Å². The van der Waals surface area contributed by atoms with E-state index < -0.39 is 0 Å². The van der Waals surface area contributed by atoms with Gasteiger partial charge in [-0.3, -0.25) is 9.36 Å². The Balaban J connectivity index is 1.79. The Labute approximate surface area is 176 Å². The van der Waals surface area contributed by atoms with Crippen LogP contribution in [-0.4, -0.2) is 9.55 Å². The Hall–Kier alpha value is -3.14. The van der Waals surface area contributed by atoms with Gasteiger partial charge in [-0.2, -0.15) is 5.26 Å². The van der Waals surface area contributed by atoms with E-state index in [1.165, 1.54) is 23.1 Å². The lowest BCUT2D eigenvalue weighted by molar-refractivity contribution is 0.673. The van der Waals surface area contributed by atoms with E-state index in [0.717, 1.165) is 21.5 Å². The van der Waals surface area contributed by atoms with Crippen LogP contribution in [0.3, 0.4) is 0 Å². The maximum Gasteiger partial charge on any atom is 0.263 e. The average molecular weight is 416 g/mol. The normalized spacial score (nSPS) is 10.7. The number of allylic oxidation sites excluding steroid dienone is 1. The summed E-state index contributed by atoms with van der Waals surface area (Å²) in [7, 11) is 0. The fourth-order valence-corrected chi connectivity index (χ4v) is 5.13. The van der Waals surface area contributed by atoms with Crippen molar-refractivity contribution in [1.82, 2.24) is 9.55 Å². The van der Waals surface area contributed by atoms with Crippen molar-refractivity contribution in [3.8, 4) is 17.2 Å². The quantitative estimate of drug-likeness (QED) is 0.238. The highest BCUT2D eigenvalue weighted by Gasteiger charge is 2.17. The number of fused-ring (bicyclic) bond motifs is 1. The number of aromatic nitrogens is 2. The smallest absolute Gasteiger partial charge is 0.263 e. The van der Waals surface area contributed by atoms with Gasteiger partial charge in [0.2, 0.25) is 0 Å². The molecule has 0 radical (unpaired) electrons. The number of benzene rings is 2. The van der Waals surface area contributed by atoms with Gasteiger partial charge >= 0.3 is 0 Å². The van der Waals surface area contributed by atoms with Crippen LogP contribution >= 0.6 is 23.1 Å². The second kappa shape index (κ2) is 8.48. The van der Waals surface area contributed by atoms with E-state index in [2.05, 4.69) is 12.6 Å². The van der Waals surface area contributed by atoms with Gasteiger partial charge in [-0.15, -0.1) is 17.9 Å². The van der Waals surface area contributed by atoms with Gasteiger partial charge in [-0.25, -0.2) is 4.98 Å². The van der Waals surface area contributed by atoms with Gasteiger partial charge in [0, 0.05) is 23.2 Å². The number of nitriles is 1. The molecule has 0 spiro atoms. The zero-order valence-corrected chi connectivity index (χ0v) is 17.2. The third kappa shape index (κ3) is 3.75. The fourth-order valence-electron chi connectivity index (χ4n) is 3.13. The first-order chi connectivity index (χ1) is 14.2. The van der Waals surface area contributed by atoms with Crippen molar-refractivity contribution in [2.45, 2.75) is 17.5 Å². The summed E-state index contributed by atoms with van der Waals surface area (Å²) >= 11 is 2.94. The molecule has 0 amide bonds. The minimum absolute atomic E-state index is 0.0638. The summed E-state index contributed by atoms with van der Waals surface area (Å²) in [6.45, 7) is 4.18. The van der Waals surface area contributed by atoms with Crippen molar-refractivity contribution in [2.24, 2.45) is 0 Å². The lowest BCUT2D eigenvalue weighted by Gasteiger charge is -2.11. The number of hydrogen-bond donors (Lipinski definition) is 0. The molecular weight excluding hydrogens is 398 g/mol. The molecule has 2 aromatic carbocycles. The Bertz CT molecular complexity index is 1280. The second-order valence-electron chi connectivity index (χ2n) is 6.35. The third-order valence-corrected chi connectivity index (χ3v) is 6.45. The largest absolute Gasteiger partial charge is 0.283 e. The SMILES string of the molecule is C=CCn1c(SCc2ccccc2C#N)nc2scc(-c3ccccc3)c2c1=O. The van der Waals surface area contributed by atoms with Crippen molar-refractivity contribution in [2.75, 3.05) is 0 Å². The monoisotopic (exact) mass is 415 g/mol. The maximum atomic E-state index is 13.3. The molecule has 142 valence electrons. The summed E-state index contributed by atoms with van der Waals surface area (Å²) in [4.78, 5) is 18.9. The fraction of sp³-hybridized carbons (Fsp3) is 0.0870. The lowest BCUT2D eigenvalue weighted by Crippen LogP contribution is -2.22. The Kier molecular flexibility index (Phi) is 5.61. The highest BCUT2D eigenvalue weighted by atomic mass is 32.2. The van der Waals surface area contributed by atoms with E-state index in [0.29, 0.717) is 28.4 Å². The first-order valence-electron chi connectivity index (χ1n) is 9.02. The first-order valence-corrected chi connectivity index (χ1v) is 10.9. The molecule has 0 N–H and O–H groups in total. The van der Waals surface area contributed by atoms with Crippen molar-refractivity contribution in [1.29, 1.82) is 5.26 Å². The first kappa shape index (κ1) is 19.2. The zero-order valence-electron chi connectivity index (χ0n) is 15.5. The van der Waals surface area contributed by atoms with Gasteiger partial charge in [0.05, 0.1) is 17.0 Å². The minimum Gasteiger partial charge on any atom is -0.283 e. The molecule has 2 heterocycles. The molecule has 0 saturated carbocycles. The van der Waals surface area contributed by atoms with Crippen LogP contribution in [0.4, 0.5) is 0 Å². The number of hydrogen-bond acceptors (Lipinski definition) is 5. The highest BCUT2D eigenvalue weighted by Crippen LogP contribution is 2.32. The predicted molar refractivity (Wildman–Crippen MR) is 120 cm³/mol. The van der Waals surface area contributed by atoms with Crippen molar-refractivity contribution >= 4 is 33.3 Å². The number of thioether (sulfide) groups is 1. The molecule has 2 aromatic heterocycles. The number of nitrogens with zero attached hydrogens (tertiary/aromatic N) is 3. The molecule has 0 saturated heterocycles. The lowest BCUT2D eigenvalue weighted by atomic mass is 10.1. The van der Waals surface area contributed by atoms with Crippen LogP contribution in [0, 0.1) is 11.3 Å². The van der Waals surface area contributed by atoms with Gasteiger partial charge in [-0.1, -0.05) is 66.4 Å². The Morgan fingerprint density at radius 2 is 1.93 bits per heavy atom. The summed E-state index contributed by atoms with van der Waals surface area (Å²) in [5.41, 5.74) is 3.42. The standard InChI is InChI=1S/C23H17N3OS2/c1-2-12-26-22(27)20-19(16-8-4-3-5-9-16)15-28-21(20)25-23(26)29-14-18-11-7-6-10-17(18)13-24/h2-11,15H,1,12,14H2. The highest BCUT2D eigenvalue weighted by molar-refractivity contribution is 7.98. The van der Waals surface area contributed by atoms with E-state index in [1.54, 1.807) is 16.7 Å². The Morgan fingerprint density at radius 3 is 2.69 bits per heavy atom. The summed E-state index contributed by atoms with van der Waals surface area (Å²) in [5, 5.41) is 12.6. The van der Waals surface area contributed by atoms with Crippen molar-refractivity contribution < 1.29 is 0 Å². The minimum atomic E-state index is -0.0638. The van der Waals surface area contributed by atoms with Gasteiger partial charge in [0.1, 0.15) is 4.83 Å². The molecule has 0 bridgehead atoms. The molecule has 4 aromatic rings. The summed E-state index contributed by atoms with van der Waals surface area (Å²) in [5.74, 6) is 0.565. The average Bonchev–Trinajstić information content (AvgIpc) is 3.19. The van der Waals surface area contributed by atoms with Gasteiger partial charge in [-0.05, 0) is 17.2 Å². The third-order valence-electron chi connectivity index (χ3n) is 4.55. The van der Waals surface area contributed by atoms with E-state index in [4.69, 9.17) is 4.98 Å². The molecule has 0 aliphatic rings. The summed E-state index contributed by atoms with van der Waals surface area (Å²) in [6.07, 6.45) is 1.71. The molecule has 4 nitrogen and oxygen atoms in total. The van der Waals surface area contributed by atoms with Crippen LogP contribution in [0.5, 0.6) is 0 Å². The Morgan fingerprint density at radius 1 is 1.17 bits per heavy atom. The predicted octanol–water partition coefficient (Wildman–Crippen LogP) is 5.47. The molecule has 6 heteroatoms. The van der Waals surface area contributed by atoms with E-state index in [-0.39, 0.29) is 5.56 Å². The molecule has 0 aliphatic carbocycles. The second-order valence-corrected chi connectivity index (χ2v) is 8.15. The summed E-state index contributed by atoms with van der Waals surface area (Å²) < 4.78 is 1.66. The molecule has 0 fully saturated rings. The van der Waals surface area contributed by atoms with Crippen molar-refractivity contribution in [3.63, 3.8) is 0 Å². The van der Waals surface area contributed by atoms with Crippen LogP contribution in [0.25, 0.3) is 21.3 Å². The molecule has 0 atom stereocenters.